The van der Waals surface area contributed by atoms with Crippen molar-refractivity contribution in [1.82, 2.24) is 29.8 Å². The van der Waals surface area contributed by atoms with Gasteiger partial charge in [-0.25, -0.2) is 19.5 Å². The highest BCUT2D eigenvalue weighted by Crippen LogP contribution is 2.29. The molecule has 0 aliphatic carbocycles. The lowest BCUT2D eigenvalue weighted by Gasteiger charge is -2.23. The van der Waals surface area contributed by atoms with Gasteiger partial charge in [-0.05, 0) is 62.1 Å². The predicted molar refractivity (Wildman–Crippen MR) is 158 cm³/mol. The van der Waals surface area contributed by atoms with Crippen LogP contribution in [0.2, 0.25) is 0 Å². The third-order valence-electron chi connectivity index (χ3n) is 6.19. The summed E-state index contributed by atoms with van der Waals surface area (Å²) >= 11 is 2.52. The van der Waals surface area contributed by atoms with Crippen molar-refractivity contribution in [3.05, 3.63) is 64.7 Å². The van der Waals surface area contributed by atoms with Crippen molar-refractivity contribution in [2.75, 3.05) is 24.7 Å². The van der Waals surface area contributed by atoms with Crippen LogP contribution in [0.4, 0.5) is 11.6 Å². The molecule has 0 saturated carbocycles. The van der Waals surface area contributed by atoms with Gasteiger partial charge in [0.25, 0.3) is 5.56 Å². The maximum Gasteiger partial charge on any atom is 0.268 e. The number of hydrogen-bond acceptors (Lipinski definition) is 11. The van der Waals surface area contributed by atoms with Gasteiger partial charge >= 0.3 is 0 Å². The molecular formula is C26H25N7O3S3. The number of ether oxygens (including phenoxy) is 1. The number of nitrogens with zero attached hydrogens (tertiary/aromatic N) is 5. The first-order chi connectivity index (χ1) is 18.8. The van der Waals surface area contributed by atoms with E-state index in [4.69, 9.17) is 4.74 Å². The number of thiazole rings is 2. The molecule has 13 heteroatoms. The van der Waals surface area contributed by atoms with Crippen LogP contribution in [0.5, 0.6) is 5.75 Å². The third-order valence-corrected chi connectivity index (χ3v) is 10.0. The molecule has 1 aliphatic rings. The molecule has 0 amide bonds. The Hall–Kier alpha value is -3.65. The molecule has 5 aromatic rings. The summed E-state index contributed by atoms with van der Waals surface area (Å²) in [4.78, 5) is 31.6. The zero-order chi connectivity index (χ0) is 27.0. The molecule has 10 nitrogen and oxygen atoms in total. The molecule has 1 aliphatic heterocycles. The summed E-state index contributed by atoms with van der Waals surface area (Å²) in [6.07, 6.45) is 8.56. The lowest BCUT2D eigenvalue weighted by molar-refractivity contribution is 0.162. The molecule has 200 valence electrons. The van der Waals surface area contributed by atoms with Gasteiger partial charge in [-0.3, -0.25) is 9.00 Å². The molecule has 1 fully saturated rings. The molecular weight excluding hydrogens is 555 g/mol. The first-order valence-corrected chi connectivity index (χ1v) is 16.0. The number of hydrogen-bond donors (Lipinski definition) is 2. The van der Waals surface area contributed by atoms with Gasteiger partial charge in [0.2, 0.25) is 5.95 Å². The van der Waals surface area contributed by atoms with Crippen molar-refractivity contribution >= 4 is 60.7 Å². The van der Waals surface area contributed by atoms with Crippen LogP contribution in [-0.4, -0.2) is 60.0 Å². The Balaban J connectivity index is 1.34. The molecule has 0 spiro atoms. The Bertz CT molecular complexity index is 1790. The Labute approximate surface area is 232 Å². The van der Waals surface area contributed by atoms with Crippen molar-refractivity contribution in [1.29, 1.82) is 0 Å². The van der Waals surface area contributed by atoms with E-state index in [2.05, 4.69) is 36.4 Å². The molecule has 39 heavy (non-hydrogen) atoms. The number of fused-ring (bicyclic) bond motifs is 1. The lowest BCUT2D eigenvalue weighted by atomic mass is 10.1. The summed E-state index contributed by atoms with van der Waals surface area (Å²) in [6.45, 7) is 1.94. The third kappa shape index (κ3) is 5.43. The number of nitrogens with one attached hydrogen (secondary N) is 2. The van der Waals surface area contributed by atoms with Crippen LogP contribution in [0.15, 0.2) is 63.3 Å². The largest absolute Gasteiger partial charge is 0.490 e. The summed E-state index contributed by atoms with van der Waals surface area (Å²) in [5.74, 6) is 4.88. The van der Waals surface area contributed by atoms with Crippen molar-refractivity contribution in [3.63, 3.8) is 0 Å². The van der Waals surface area contributed by atoms with Gasteiger partial charge in [-0.2, -0.15) is 4.98 Å². The average molecular weight is 580 g/mol. The summed E-state index contributed by atoms with van der Waals surface area (Å²) in [6, 6.07) is 9.38. The van der Waals surface area contributed by atoms with Crippen LogP contribution in [-0.2, 0) is 9.52 Å². The second kappa shape index (κ2) is 10.5. The van der Waals surface area contributed by atoms with E-state index < -0.39 is 9.52 Å². The van der Waals surface area contributed by atoms with Crippen LogP contribution in [0, 0.1) is 0 Å². The highest BCUT2D eigenvalue weighted by molar-refractivity contribution is 8.01. The number of anilines is 2. The Kier molecular flexibility index (Phi) is 6.89. The first kappa shape index (κ1) is 25.6. The fourth-order valence-electron chi connectivity index (χ4n) is 4.25. The fraction of sp³-hybridized carbons (Fsp3) is 0.231. The highest BCUT2D eigenvalue weighted by Gasteiger charge is 2.19. The Morgan fingerprint density at radius 3 is 2.64 bits per heavy atom. The lowest BCUT2D eigenvalue weighted by Crippen LogP contribution is -2.34. The minimum absolute atomic E-state index is 0.224. The summed E-state index contributed by atoms with van der Waals surface area (Å²) in [5, 5.41) is 9.92. The van der Waals surface area contributed by atoms with Gasteiger partial charge in [-0.1, -0.05) is 0 Å². The van der Waals surface area contributed by atoms with Crippen LogP contribution in [0.25, 0.3) is 26.7 Å². The van der Waals surface area contributed by atoms with Gasteiger partial charge in [0.05, 0.1) is 11.8 Å². The smallest absolute Gasteiger partial charge is 0.268 e. The van der Waals surface area contributed by atoms with Crippen LogP contribution in [0.1, 0.15) is 12.8 Å². The number of pyridine rings is 1. The summed E-state index contributed by atoms with van der Waals surface area (Å²) in [5.41, 5.74) is 1.23. The topological polar surface area (TPSA) is 124 Å². The summed E-state index contributed by atoms with van der Waals surface area (Å²) in [7, 11) is -2.45. The molecule has 4 aromatic heterocycles. The first-order valence-electron chi connectivity index (χ1n) is 12.2. The maximum absolute atomic E-state index is 13.7. The Morgan fingerprint density at radius 2 is 1.95 bits per heavy atom. The van der Waals surface area contributed by atoms with Crippen LogP contribution < -0.4 is 20.9 Å². The molecule has 1 saturated heterocycles. The van der Waals surface area contributed by atoms with E-state index in [9.17, 15) is 9.00 Å². The molecule has 6 rings (SSSR count). The highest BCUT2D eigenvalue weighted by atomic mass is 32.2. The molecule has 0 bridgehead atoms. The van der Waals surface area contributed by atoms with Gasteiger partial charge < -0.3 is 15.4 Å². The van der Waals surface area contributed by atoms with Gasteiger partial charge in [0, 0.05) is 44.6 Å². The quantitative estimate of drug-likeness (QED) is 0.276. The molecule has 2 N–H and O–H groups in total. The predicted octanol–water partition coefficient (Wildman–Crippen LogP) is 3.94. The second-order valence-corrected chi connectivity index (χ2v) is 13.8. The maximum atomic E-state index is 13.7. The molecule has 1 aromatic carbocycles. The minimum Gasteiger partial charge on any atom is -0.490 e. The van der Waals surface area contributed by atoms with E-state index >= 15 is 0 Å². The van der Waals surface area contributed by atoms with Crippen molar-refractivity contribution in [3.8, 4) is 21.5 Å². The average Bonchev–Trinajstić information content (AvgIpc) is 3.63. The normalized spacial score (nSPS) is 15.7. The number of benzene rings is 1. The fourth-order valence-corrected chi connectivity index (χ4v) is 6.76. The van der Waals surface area contributed by atoms with E-state index in [1.165, 1.54) is 33.4 Å². The number of aromatic nitrogens is 5. The molecule has 1 unspecified atom stereocenters. The van der Waals surface area contributed by atoms with Crippen LogP contribution in [0.3, 0.4) is 0 Å². The van der Waals surface area contributed by atoms with Gasteiger partial charge in [-0.15, -0.1) is 22.7 Å². The second-order valence-electron chi connectivity index (χ2n) is 9.19. The van der Waals surface area contributed by atoms with E-state index in [0.29, 0.717) is 36.9 Å². The SMILES string of the molecule is C=S(C)(=O)c1cnc(-c2cc3cnc(Nc4ccc(OC5CCNCC5)cc4)nc3n(-c3nccs3)c2=O)s1. The van der Waals surface area contributed by atoms with Crippen LogP contribution >= 0.6 is 22.7 Å². The standard InChI is InChI=1S/C26H25N7O3S3/c1-39(2,35)21-15-29-23(38-21)20-13-16-14-30-25(32-22(16)33(24(20)34)26-28-11-12-37-26)31-17-3-5-18(6-4-17)36-19-7-9-27-10-8-19/h3-6,11-15,19,27H,1,7-10H2,2H3,(H,30,31,32). The minimum atomic E-state index is -2.45. The Morgan fingerprint density at radius 1 is 1.15 bits per heavy atom. The van der Waals surface area contributed by atoms with Gasteiger partial charge in [0.15, 0.2) is 10.8 Å². The number of rotatable bonds is 7. The van der Waals surface area contributed by atoms with Crippen molar-refractivity contribution in [2.45, 2.75) is 23.2 Å². The summed E-state index contributed by atoms with van der Waals surface area (Å²) < 4.78 is 20.5. The molecule has 0 radical (unpaired) electrons. The zero-order valence-electron chi connectivity index (χ0n) is 21.0. The molecule has 5 heterocycles. The van der Waals surface area contributed by atoms with E-state index in [1.807, 2.05) is 24.3 Å². The van der Waals surface area contributed by atoms with E-state index in [-0.39, 0.29) is 11.7 Å². The van der Waals surface area contributed by atoms with Crippen molar-refractivity contribution < 1.29 is 8.95 Å². The van der Waals surface area contributed by atoms with E-state index in [1.54, 1.807) is 30.1 Å². The number of piperidine rings is 1. The van der Waals surface area contributed by atoms with E-state index in [0.717, 1.165) is 37.4 Å². The zero-order valence-corrected chi connectivity index (χ0v) is 23.4. The van der Waals surface area contributed by atoms with Crippen molar-refractivity contribution in [2.24, 2.45) is 0 Å². The monoisotopic (exact) mass is 579 g/mol. The molecule has 1 atom stereocenters. The van der Waals surface area contributed by atoms with Gasteiger partial charge in [0.1, 0.15) is 21.1 Å².